The summed E-state index contributed by atoms with van der Waals surface area (Å²) in [5.74, 6) is 1.16. The molecule has 3 N–H and O–H groups in total. The van der Waals surface area contributed by atoms with E-state index < -0.39 is 0 Å². The third kappa shape index (κ3) is 3.75. The molecule has 3 saturated carbocycles. The lowest BCUT2D eigenvalue weighted by Crippen LogP contribution is -2.73. The minimum Gasteiger partial charge on any atom is -0.386 e. The van der Waals surface area contributed by atoms with Crippen LogP contribution < -0.4 is 11.1 Å². The molecule has 0 aliphatic heterocycles. The van der Waals surface area contributed by atoms with Gasteiger partial charge in [0.25, 0.3) is 0 Å². The van der Waals surface area contributed by atoms with Crippen LogP contribution in [-0.4, -0.2) is 0 Å². The number of nitrogens with one attached hydrogen (secondary N) is 1. The number of aryl methyl sites for hydroxylation is 3. The molecule has 2 aromatic carbocycles. The van der Waals surface area contributed by atoms with Crippen LogP contribution in [0.5, 0.6) is 0 Å². The fraction of sp³-hybridized carbons (Fsp3) is 0.628. The molecule has 0 aromatic heterocycles. The molecule has 7 rings (SSSR count). The fourth-order valence-electron chi connectivity index (χ4n) is 13.9. The second-order valence-corrected chi connectivity index (χ2v) is 17.1. The second-order valence-electron chi connectivity index (χ2n) is 17.1. The third-order valence-corrected chi connectivity index (χ3v) is 16.1. The van der Waals surface area contributed by atoms with Crippen LogP contribution in [0.2, 0.25) is 0 Å². The minimum atomic E-state index is 0.151. The van der Waals surface area contributed by atoms with Gasteiger partial charge in [-0.1, -0.05) is 97.4 Å². The number of benzene rings is 2. The first kappa shape index (κ1) is 31.1. The average molecular weight is 605 g/mol. The Hall–Kier alpha value is -2.48. The van der Waals surface area contributed by atoms with Gasteiger partial charge in [-0.2, -0.15) is 0 Å². The van der Waals surface area contributed by atoms with Gasteiger partial charge in [0, 0.05) is 5.69 Å². The number of anilines is 1. The molecule has 0 radical (unpaired) electrons. The van der Waals surface area contributed by atoms with Gasteiger partial charge < -0.3 is 11.1 Å². The molecule has 3 fully saturated rings. The van der Waals surface area contributed by atoms with Crippen molar-refractivity contribution in [1.29, 1.82) is 0 Å². The minimum absolute atomic E-state index is 0.151. The monoisotopic (exact) mass is 604 g/mol. The Morgan fingerprint density at radius 3 is 2.29 bits per heavy atom. The van der Waals surface area contributed by atoms with Gasteiger partial charge in [0.2, 0.25) is 0 Å². The van der Waals surface area contributed by atoms with Crippen molar-refractivity contribution in [2.24, 2.45) is 33.3 Å². The zero-order valence-corrected chi connectivity index (χ0v) is 29.4. The van der Waals surface area contributed by atoms with Crippen LogP contribution in [0.4, 0.5) is 5.69 Å². The van der Waals surface area contributed by atoms with E-state index in [9.17, 15) is 0 Å². The Morgan fingerprint density at radius 2 is 1.62 bits per heavy atom. The summed E-state index contributed by atoms with van der Waals surface area (Å²) in [6.07, 6.45) is 17.9. The van der Waals surface area contributed by atoms with Crippen LogP contribution in [0.1, 0.15) is 140 Å². The van der Waals surface area contributed by atoms with Gasteiger partial charge in [0.15, 0.2) is 0 Å². The molecule has 1 spiro atoms. The summed E-state index contributed by atoms with van der Waals surface area (Å²) < 4.78 is 0. The predicted octanol–water partition coefficient (Wildman–Crippen LogP) is 10.9. The number of hydrogen-bond donors (Lipinski definition) is 2. The molecule has 0 heterocycles. The summed E-state index contributed by atoms with van der Waals surface area (Å²) in [5.41, 5.74) is 17.8. The summed E-state index contributed by atoms with van der Waals surface area (Å²) in [6.45, 7) is 24.8. The summed E-state index contributed by atoms with van der Waals surface area (Å²) in [6, 6.07) is 14.6. The number of hydrogen-bond acceptors (Lipinski definition) is 2. The third-order valence-electron chi connectivity index (χ3n) is 16.1. The van der Waals surface area contributed by atoms with Gasteiger partial charge >= 0.3 is 0 Å². The van der Waals surface area contributed by atoms with Crippen LogP contribution >= 0.6 is 0 Å². The Morgan fingerprint density at radius 1 is 0.889 bits per heavy atom. The maximum atomic E-state index is 6.03. The van der Waals surface area contributed by atoms with Crippen molar-refractivity contribution in [3.63, 3.8) is 0 Å². The molecule has 2 aromatic rings. The van der Waals surface area contributed by atoms with E-state index in [1.807, 2.05) is 0 Å². The van der Waals surface area contributed by atoms with Crippen molar-refractivity contribution in [2.75, 3.05) is 5.32 Å². The molecule has 5 aliphatic carbocycles. The molecule has 7 atom stereocenters. The summed E-state index contributed by atoms with van der Waals surface area (Å²) in [4.78, 5) is 0. The van der Waals surface area contributed by atoms with Crippen LogP contribution in [0.25, 0.3) is 0 Å². The number of allylic oxidation sites excluding steroid dienone is 1. The number of nitrogens with two attached hydrogens (primary N) is 1. The van der Waals surface area contributed by atoms with Crippen molar-refractivity contribution >= 4 is 5.69 Å². The highest BCUT2D eigenvalue weighted by atomic mass is 15.0. The van der Waals surface area contributed by atoms with E-state index in [2.05, 4.69) is 89.8 Å². The van der Waals surface area contributed by atoms with Gasteiger partial charge in [-0.25, -0.2) is 0 Å². The van der Waals surface area contributed by atoms with Crippen molar-refractivity contribution in [3.05, 3.63) is 88.8 Å². The van der Waals surface area contributed by atoms with Gasteiger partial charge in [-0.3, -0.25) is 0 Å². The summed E-state index contributed by atoms with van der Waals surface area (Å²) >= 11 is 0. The second kappa shape index (κ2) is 10.3. The van der Waals surface area contributed by atoms with Gasteiger partial charge in [-0.05, 0) is 155 Å². The highest BCUT2D eigenvalue weighted by Crippen LogP contribution is 2.83. The average Bonchev–Trinajstić information content (AvgIpc) is 3.02. The van der Waals surface area contributed by atoms with E-state index in [1.54, 1.807) is 27.8 Å². The normalized spacial score (nSPS) is 38.2. The molecule has 2 nitrogen and oxygen atoms in total. The molecule has 45 heavy (non-hydrogen) atoms. The van der Waals surface area contributed by atoms with Gasteiger partial charge in [0.05, 0.1) is 5.82 Å². The molecule has 5 aliphatic rings. The van der Waals surface area contributed by atoms with E-state index >= 15 is 0 Å². The predicted molar refractivity (Wildman–Crippen MR) is 191 cm³/mol. The molecule has 0 saturated heterocycles. The molecular weight excluding hydrogens is 544 g/mol. The quantitative estimate of drug-likeness (QED) is 0.322. The van der Waals surface area contributed by atoms with Crippen molar-refractivity contribution < 1.29 is 0 Å². The van der Waals surface area contributed by atoms with Gasteiger partial charge in [0.1, 0.15) is 0 Å². The zero-order valence-electron chi connectivity index (χ0n) is 29.4. The Bertz CT molecular complexity index is 1550. The van der Waals surface area contributed by atoms with Crippen molar-refractivity contribution in [3.8, 4) is 0 Å². The maximum absolute atomic E-state index is 6.03. The first-order valence-corrected chi connectivity index (χ1v) is 18.5. The smallest absolute Gasteiger partial charge is 0.0930 e. The van der Waals surface area contributed by atoms with Crippen LogP contribution in [0.3, 0.4) is 0 Å². The lowest BCUT2D eigenvalue weighted by atomic mass is 9.25. The molecule has 242 valence electrons. The standard InChI is InChI=1S/C43H60N2/c1-9-31-13-14-33-20-26-43(39(6,36(33)27-31)22-12-24-42(43)25-19-29(42)3)41(8,10-2)40(7)23-11-21-38(5)35-28-34(45-30(4)44)17-15-32(35)16-18-37(38)40/h13-15,17,27-28,37,45H,3-4,9-12,16,18-26,44H2,1-2,5-8H3. The van der Waals surface area contributed by atoms with E-state index in [4.69, 9.17) is 12.3 Å². The Kier molecular flexibility index (Phi) is 7.10. The largest absolute Gasteiger partial charge is 0.386 e. The highest BCUT2D eigenvalue weighted by Gasteiger charge is 2.76. The molecule has 2 heteroatoms. The highest BCUT2D eigenvalue weighted by molar-refractivity contribution is 5.55. The van der Waals surface area contributed by atoms with Crippen molar-refractivity contribution in [2.45, 2.75) is 142 Å². The zero-order chi connectivity index (χ0) is 32.0. The maximum Gasteiger partial charge on any atom is 0.0930 e. The molecule has 0 bridgehead atoms. The van der Waals surface area contributed by atoms with E-state index in [-0.39, 0.29) is 32.5 Å². The van der Waals surface area contributed by atoms with Gasteiger partial charge in [-0.15, -0.1) is 0 Å². The number of fused-ring (bicyclic) bond motifs is 7. The van der Waals surface area contributed by atoms with E-state index in [0.29, 0.717) is 11.7 Å². The van der Waals surface area contributed by atoms with Crippen LogP contribution in [0, 0.1) is 27.6 Å². The molecule has 7 unspecified atom stereocenters. The van der Waals surface area contributed by atoms with Crippen LogP contribution in [-0.2, 0) is 30.1 Å². The Labute approximate surface area is 274 Å². The summed E-state index contributed by atoms with van der Waals surface area (Å²) in [5, 5.41) is 3.35. The summed E-state index contributed by atoms with van der Waals surface area (Å²) in [7, 11) is 0. The Balaban J connectivity index is 1.44. The lowest BCUT2D eigenvalue weighted by molar-refractivity contribution is -0.249. The molecular formula is C43H60N2. The van der Waals surface area contributed by atoms with Crippen LogP contribution in [0.15, 0.2) is 61.0 Å². The van der Waals surface area contributed by atoms with Crippen molar-refractivity contribution in [1.82, 2.24) is 0 Å². The SMILES string of the molecule is C=C(N)Nc1ccc2c(c1)C1(C)CCCC(C)(C(C)(CC)C34CCc5ccc(CC)cc5C3(C)CCCC43CCC3=C)C1CC2. The lowest BCUT2D eigenvalue weighted by Gasteiger charge is -2.79. The number of rotatable bonds is 6. The van der Waals surface area contributed by atoms with E-state index in [1.165, 1.54) is 89.0 Å². The molecule has 0 amide bonds. The van der Waals surface area contributed by atoms with E-state index in [0.717, 1.165) is 12.1 Å². The first-order valence-electron chi connectivity index (χ1n) is 18.5. The fourth-order valence-corrected chi connectivity index (χ4v) is 13.9. The first-order chi connectivity index (χ1) is 21.4. The topological polar surface area (TPSA) is 38.0 Å².